The molecule has 0 radical (unpaired) electrons. The van der Waals surface area contributed by atoms with Crippen LogP contribution in [-0.4, -0.2) is 18.4 Å². The number of carbonyl (C=O) groups excluding carboxylic acids is 2. The molecule has 0 saturated carbocycles. The van der Waals surface area contributed by atoms with Crippen molar-refractivity contribution in [1.29, 1.82) is 5.26 Å². The highest BCUT2D eigenvalue weighted by Crippen LogP contribution is 2.28. The van der Waals surface area contributed by atoms with E-state index in [4.69, 9.17) is 10.00 Å². The second-order valence-electron chi connectivity index (χ2n) is 4.12. The molecule has 1 saturated heterocycles. The molecule has 5 heteroatoms. The Bertz CT molecular complexity index is 533. The van der Waals surface area contributed by atoms with Crippen molar-refractivity contribution in [2.45, 2.75) is 13.3 Å². The minimum Gasteiger partial charge on any atom is -0.479 e. The summed E-state index contributed by atoms with van der Waals surface area (Å²) in [5.74, 6) is -0.210. The molecule has 1 aliphatic rings. The molecule has 18 heavy (non-hydrogen) atoms. The van der Waals surface area contributed by atoms with Gasteiger partial charge in [-0.1, -0.05) is 13.0 Å². The summed E-state index contributed by atoms with van der Waals surface area (Å²) < 4.78 is 5.14. The summed E-state index contributed by atoms with van der Waals surface area (Å²) in [6, 6.07) is 8.48. The molecular weight excluding hydrogens is 232 g/mol. The van der Waals surface area contributed by atoms with Gasteiger partial charge in [-0.15, -0.1) is 0 Å². The zero-order valence-corrected chi connectivity index (χ0v) is 9.92. The maximum atomic E-state index is 11.9. The number of hydrogen-bond donors (Lipinski definition) is 0. The fourth-order valence-electron chi connectivity index (χ4n) is 1.88. The molecule has 1 aliphatic heterocycles. The van der Waals surface area contributed by atoms with E-state index in [1.807, 2.05) is 6.07 Å². The number of ether oxygens (including phenoxy) is 1. The molecule has 1 fully saturated rings. The molecule has 1 heterocycles. The molecule has 1 unspecified atom stereocenters. The van der Waals surface area contributed by atoms with Crippen LogP contribution < -0.4 is 9.64 Å². The Morgan fingerprint density at radius 2 is 2.28 bits per heavy atom. The van der Waals surface area contributed by atoms with Crippen molar-refractivity contribution >= 4 is 17.5 Å². The molecule has 0 aliphatic carbocycles. The van der Waals surface area contributed by atoms with Crippen LogP contribution in [0.25, 0.3) is 0 Å². The second kappa shape index (κ2) is 4.88. The minimum atomic E-state index is -0.277. The van der Waals surface area contributed by atoms with Gasteiger partial charge in [0.2, 0.25) is 11.8 Å². The lowest BCUT2D eigenvalue weighted by Crippen LogP contribution is -2.29. The van der Waals surface area contributed by atoms with Gasteiger partial charge in [-0.2, -0.15) is 5.26 Å². The predicted molar refractivity (Wildman–Crippen MR) is 63.8 cm³/mol. The van der Waals surface area contributed by atoms with Crippen LogP contribution in [0.4, 0.5) is 5.69 Å². The number of nitriles is 1. The lowest BCUT2D eigenvalue weighted by atomic mass is 10.1. The molecule has 1 atom stereocenters. The maximum absolute atomic E-state index is 11.9. The van der Waals surface area contributed by atoms with Gasteiger partial charge in [-0.3, -0.25) is 14.5 Å². The number of nitrogens with zero attached hydrogens (tertiary/aromatic N) is 2. The molecular formula is C13H12N2O3. The number of amides is 2. The summed E-state index contributed by atoms with van der Waals surface area (Å²) >= 11 is 0. The molecule has 2 rings (SSSR count). The summed E-state index contributed by atoms with van der Waals surface area (Å²) in [7, 11) is 0. The van der Waals surface area contributed by atoms with Crippen LogP contribution in [0.3, 0.4) is 0 Å². The largest absolute Gasteiger partial charge is 0.479 e. The normalized spacial score (nSPS) is 18.9. The standard InChI is InChI=1S/C13H12N2O3/c1-9-7-12(16)15(13(9)17)10-3-2-4-11(8-10)18-6-5-14/h2-4,8-9H,6-7H2,1H3. The SMILES string of the molecule is CC1CC(=O)N(c2cccc(OCC#N)c2)C1=O. The van der Waals surface area contributed by atoms with E-state index in [0.717, 1.165) is 0 Å². The zero-order chi connectivity index (χ0) is 13.1. The third-order valence-corrected chi connectivity index (χ3v) is 2.75. The van der Waals surface area contributed by atoms with Crippen molar-refractivity contribution < 1.29 is 14.3 Å². The van der Waals surface area contributed by atoms with Crippen molar-refractivity contribution in [2.75, 3.05) is 11.5 Å². The van der Waals surface area contributed by atoms with Crippen molar-refractivity contribution in [2.24, 2.45) is 5.92 Å². The molecule has 5 nitrogen and oxygen atoms in total. The summed E-state index contributed by atoms with van der Waals surface area (Å²) in [5, 5.41) is 8.43. The average molecular weight is 244 g/mol. The minimum absolute atomic E-state index is 0.0677. The number of benzene rings is 1. The topological polar surface area (TPSA) is 70.4 Å². The lowest BCUT2D eigenvalue weighted by molar-refractivity contribution is -0.122. The summed E-state index contributed by atoms with van der Waals surface area (Å²) in [6.45, 7) is 1.66. The van der Waals surface area contributed by atoms with Gasteiger partial charge in [0.15, 0.2) is 6.61 Å². The Morgan fingerprint density at radius 3 is 2.89 bits per heavy atom. The van der Waals surface area contributed by atoms with Gasteiger partial charge >= 0.3 is 0 Å². The molecule has 1 aromatic carbocycles. The third kappa shape index (κ3) is 2.18. The first-order chi connectivity index (χ1) is 8.63. The first-order valence-corrected chi connectivity index (χ1v) is 5.60. The molecule has 0 bridgehead atoms. The van der Waals surface area contributed by atoms with Crippen LogP contribution in [0.5, 0.6) is 5.75 Å². The lowest BCUT2D eigenvalue weighted by Gasteiger charge is -2.15. The molecule has 0 N–H and O–H groups in total. The molecule has 2 amide bonds. The van der Waals surface area contributed by atoms with Crippen LogP contribution in [0.1, 0.15) is 13.3 Å². The van der Waals surface area contributed by atoms with Gasteiger partial charge < -0.3 is 4.74 Å². The fourth-order valence-corrected chi connectivity index (χ4v) is 1.88. The number of carbonyl (C=O) groups is 2. The van der Waals surface area contributed by atoms with Crippen LogP contribution in [-0.2, 0) is 9.59 Å². The van der Waals surface area contributed by atoms with E-state index in [2.05, 4.69) is 0 Å². The van der Waals surface area contributed by atoms with Crippen LogP contribution >= 0.6 is 0 Å². The van der Waals surface area contributed by atoms with Crippen molar-refractivity contribution in [1.82, 2.24) is 0 Å². The van der Waals surface area contributed by atoms with Crippen molar-refractivity contribution in [3.8, 4) is 11.8 Å². The van der Waals surface area contributed by atoms with E-state index in [1.54, 1.807) is 31.2 Å². The molecule has 1 aromatic rings. The van der Waals surface area contributed by atoms with Gasteiger partial charge in [0, 0.05) is 18.4 Å². The Hall–Kier alpha value is -2.35. The van der Waals surface area contributed by atoms with Crippen LogP contribution in [0, 0.1) is 17.2 Å². The highest BCUT2D eigenvalue weighted by molar-refractivity contribution is 6.20. The Kier molecular flexibility index (Phi) is 3.28. The highest BCUT2D eigenvalue weighted by Gasteiger charge is 2.36. The van der Waals surface area contributed by atoms with Gasteiger partial charge in [-0.05, 0) is 12.1 Å². The van der Waals surface area contributed by atoms with Crippen molar-refractivity contribution in [3.05, 3.63) is 24.3 Å². The fraction of sp³-hybridized carbons (Fsp3) is 0.308. The number of imide groups is 1. The molecule has 0 aromatic heterocycles. The summed E-state index contributed by atoms with van der Waals surface area (Å²) in [5.41, 5.74) is 0.491. The Morgan fingerprint density at radius 1 is 1.50 bits per heavy atom. The number of anilines is 1. The number of hydrogen-bond acceptors (Lipinski definition) is 4. The third-order valence-electron chi connectivity index (χ3n) is 2.75. The van der Waals surface area contributed by atoms with E-state index in [1.165, 1.54) is 4.90 Å². The quantitative estimate of drug-likeness (QED) is 0.755. The first-order valence-electron chi connectivity index (χ1n) is 5.60. The number of rotatable bonds is 3. The van der Waals surface area contributed by atoms with E-state index in [-0.39, 0.29) is 30.8 Å². The van der Waals surface area contributed by atoms with Crippen LogP contribution in [0.15, 0.2) is 24.3 Å². The molecule has 92 valence electrons. The summed E-state index contributed by atoms with van der Waals surface area (Å²) in [6.07, 6.45) is 0.238. The van der Waals surface area contributed by atoms with E-state index < -0.39 is 0 Å². The van der Waals surface area contributed by atoms with Crippen LogP contribution in [0.2, 0.25) is 0 Å². The predicted octanol–water partition coefficient (Wildman–Crippen LogP) is 1.49. The smallest absolute Gasteiger partial charge is 0.237 e. The Labute approximate surface area is 105 Å². The maximum Gasteiger partial charge on any atom is 0.237 e. The average Bonchev–Trinajstić information content (AvgIpc) is 2.61. The van der Waals surface area contributed by atoms with Gasteiger partial charge in [-0.25, -0.2) is 0 Å². The second-order valence-corrected chi connectivity index (χ2v) is 4.12. The first kappa shape index (κ1) is 12.1. The Balaban J connectivity index is 2.26. The zero-order valence-electron chi connectivity index (χ0n) is 9.92. The summed E-state index contributed by atoms with van der Waals surface area (Å²) in [4.78, 5) is 24.8. The molecule has 0 spiro atoms. The van der Waals surface area contributed by atoms with Crippen molar-refractivity contribution in [3.63, 3.8) is 0 Å². The van der Waals surface area contributed by atoms with E-state index in [0.29, 0.717) is 11.4 Å². The van der Waals surface area contributed by atoms with Gasteiger partial charge in [0.25, 0.3) is 0 Å². The van der Waals surface area contributed by atoms with E-state index in [9.17, 15) is 9.59 Å². The van der Waals surface area contributed by atoms with Gasteiger partial charge in [0.1, 0.15) is 11.8 Å². The van der Waals surface area contributed by atoms with E-state index >= 15 is 0 Å². The highest BCUT2D eigenvalue weighted by atomic mass is 16.5. The monoisotopic (exact) mass is 244 g/mol. The van der Waals surface area contributed by atoms with Gasteiger partial charge in [0.05, 0.1) is 5.69 Å².